The van der Waals surface area contributed by atoms with Gasteiger partial charge >= 0.3 is 0 Å². The number of nitrogens with one attached hydrogen (secondary N) is 2. The molecule has 1 aliphatic heterocycles. The largest absolute Gasteiger partial charge is 0.312 e. The number of fused-ring (bicyclic) bond motifs is 1. The van der Waals surface area contributed by atoms with Gasteiger partial charge in [-0.1, -0.05) is 25.0 Å². The van der Waals surface area contributed by atoms with Gasteiger partial charge in [0.1, 0.15) is 0 Å². The Balaban J connectivity index is 2.10. The van der Waals surface area contributed by atoms with Crippen LogP contribution in [0.3, 0.4) is 0 Å². The SMILES string of the molecule is C=CCC1(CC=C)CCNC2CCCCC2N1. The number of rotatable bonds is 4. The van der Waals surface area contributed by atoms with Gasteiger partial charge < -0.3 is 10.6 Å². The topological polar surface area (TPSA) is 24.1 Å². The average Bonchev–Trinajstić information content (AvgIpc) is 2.49. The summed E-state index contributed by atoms with van der Waals surface area (Å²) in [6.45, 7) is 8.96. The van der Waals surface area contributed by atoms with Crippen LogP contribution >= 0.6 is 0 Å². The maximum atomic E-state index is 3.93. The molecule has 2 aliphatic rings. The zero-order valence-corrected chi connectivity index (χ0v) is 10.9. The van der Waals surface area contributed by atoms with Crippen molar-refractivity contribution in [3.8, 4) is 0 Å². The van der Waals surface area contributed by atoms with Gasteiger partial charge in [-0.15, -0.1) is 13.2 Å². The first-order chi connectivity index (χ1) is 8.29. The van der Waals surface area contributed by atoms with E-state index in [0.717, 1.165) is 19.4 Å². The Morgan fingerprint density at radius 1 is 1.06 bits per heavy atom. The highest BCUT2D eigenvalue weighted by Crippen LogP contribution is 2.29. The van der Waals surface area contributed by atoms with Crippen molar-refractivity contribution in [3.05, 3.63) is 25.3 Å². The highest BCUT2D eigenvalue weighted by Gasteiger charge is 2.36. The molecule has 2 unspecified atom stereocenters. The van der Waals surface area contributed by atoms with Crippen LogP contribution in [0.4, 0.5) is 0 Å². The van der Waals surface area contributed by atoms with E-state index in [1.807, 2.05) is 0 Å². The zero-order valence-electron chi connectivity index (χ0n) is 10.9. The molecule has 0 aromatic carbocycles. The van der Waals surface area contributed by atoms with E-state index in [0.29, 0.717) is 12.1 Å². The molecule has 2 rings (SSSR count). The zero-order chi connectivity index (χ0) is 12.1. The van der Waals surface area contributed by atoms with E-state index >= 15 is 0 Å². The summed E-state index contributed by atoms with van der Waals surface area (Å²) in [6, 6.07) is 1.33. The lowest BCUT2D eigenvalue weighted by atomic mass is 9.84. The standard InChI is InChI=1S/C15H26N2/c1-3-9-15(10-4-2)11-12-16-13-7-5-6-8-14(13)17-15/h3-4,13-14,16-17H,1-2,5-12H2. The Morgan fingerprint density at radius 3 is 2.35 bits per heavy atom. The summed E-state index contributed by atoms with van der Waals surface area (Å²) in [5.74, 6) is 0. The van der Waals surface area contributed by atoms with Gasteiger partial charge in [-0.3, -0.25) is 0 Å². The number of hydrogen-bond donors (Lipinski definition) is 2. The molecule has 0 radical (unpaired) electrons. The molecule has 2 nitrogen and oxygen atoms in total. The quantitative estimate of drug-likeness (QED) is 0.731. The molecule has 0 spiro atoms. The third kappa shape index (κ3) is 2.99. The van der Waals surface area contributed by atoms with Crippen LogP contribution in [0.1, 0.15) is 44.9 Å². The van der Waals surface area contributed by atoms with Crippen molar-refractivity contribution in [2.24, 2.45) is 0 Å². The predicted octanol–water partition coefficient (Wildman–Crippen LogP) is 2.77. The van der Waals surface area contributed by atoms with Gasteiger partial charge in [0.05, 0.1) is 0 Å². The lowest BCUT2D eigenvalue weighted by Crippen LogP contribution is -2.54. The van der Waals surface area contributed by atoms with E-state index < -0.39 is 0 Å². The minimum absolute atomic E-state index is 0.202. The molecule has 0 aromatic rings. The molecule has 17 heavy (non-hydrogen) atoms. The molecule has 0 bridgehead atoms. The van der Waals surface area contributed by atoms with Crippen LogP contribution < -0.4 is 10.6 Å². The van der Waals surface area contributed by atoms with Crippen molar-refractivity contribution in [2.75, 3.05) is 6.54 Å². The molecule has 0 aromatic heterocycles. The van der Waals surface area contributed by atoms with Gasteiger partial charge in [0.2, 0.25) is 0 Å². The van der Waals surface area contributed by atoms with Crippen molar-refractivity contribution in [1.29, 1.82) is 0 Å². The highest BCUT2D eigenvalue weighted by atomic mass is 15.1. The molecule has 1 saturated carbocycles. The molecule has 1 heterocycles. The molecule has 2 fully saturated rings. The first-order valence-electron chi connectivity index (χ1n) is 7.02. The molecule has 2 heteroatoms. The van der Waals surface area contributed by atoms with Crippen LogP contribution in [0.5, 0.6) is 0 Å². The Kier molecular flexibility index (Phi) is 4.41. The van der Waals surface area contributed by atoms with Crippen LogP contribution in [0, 0.1) is 0 Å². The average molecular weight is 234 g/mol. The second kappa shape index (κ2) is 5.83. The van der Waals surface area contributed by atoms with Gasteiger partial charge in [0.15, 0.2) is 0 Å². The molecule has 1 saturated heterocycles. The summed E-state index contributed by atoms with van der Waals surface area (Å²) in [5.41, 5.74) is 0.202. The lowest BCUT2D eigenvalue weighted by Gasteiger charge is -2.38. The normalized spacial score (nSPS) is 32.2. The molecular formula is C15H26N2. The van der Waals surface area contributed by atoms with E-state index in [1.54, 1.807) is 0 Å². The summed E-state index contributed by atoms with van der Waals surface area (Å²) in [5, 5.41) is 7.65. The van der Waals surface area contributed by atoms with Crippen LogP contribution in [-0.4, -0.2) is 24.2 Å². The molecule has 2 N–H and O–H groups in total. The fourth-order valence-corrected chi connectivity index (χ4v) is 3.47. The van der Waals surface area contributed by atoms with Crippen LogP contribution in [0.25, 0.3) is 0 Å². The lowest BCUT2D eigenvalue weighted by molar-refractivity contribution is 0.240. The summed E-state index contributed by atoms with van der Waals surface area (Å²) in [6.07, 6.45) is 12.8. The minimum Gasteiger partial charge on any atom is -0.312 e. The third-order valence-electron chi connectivity index (χ3n) is 4.34. The van der Waals surface area contributed by atoms with Gasteiger partial charge in [-0.25, -0.2) is 0 Å². The maximum absolute atomic E-state index is 3.93. The van der Waals surface area contributed by atoms with Gasteiger partial charge in [-0.2, -0.15) is 0 Å². The molecule has 2 atom stereocenters. The summed E-state index contributed by atoms with van der Waals surface area (Å²) < 4.78 is 0. The third-order valence-corrected chi connectivity index (χ3v) is 4.34. The molecule has 0 amide bonds. The summed E-state index contributed by atoms with van der Waals surface area (Å²) in [7, 11) is 0. The van der Waals surface area contributed by atoms with E-state index in [1.165, 1.54) is 32.1 Å². The summed E-state index contributed by atoms with van der Waals surface area (Å²) in [4.78, 5) is 0. The Morgan fingerprint density at radius 2 is 1.71 bits per heavy atom. The van der Waals surface area contributed by atoms with Gasteiger partial charge in [0, 0.05) is 17.6 Å². The second-order valence-electron chi connectivity index (χ2n) is 5.61. The van der Waals surface area contributed by atoms with Gasteiger partial charge in [-0.05, 0) is 38.6 Å². The first-order valence-corrected chi connectivity index (χ1v) is 7.02. The first kappa shape index (κ1) is 12.8. The van der Waals surface area contributed by atoms with E-state index in [9.17, 15) is 0 Å². The Bertz CT molecular complexity index is 262. The van der Waals surface area contributed by atoms with E-state index in [-0.39, 0.29) is 5.54 Å². The fourth-order valence-electron chi connectivity index (χ4n) is 3.47. The molecular weight excluding hydrogens is 208 g/mol. The molecule has 96 valence electrons. The maximum Gasteiger partial charge on any atom is 0.0265 e. The van der Waals surface area contributed by atoms with Gasteiger partial charge in [0.25, 0.3) is 0 Å². The van der Waals surface area contributed by atoms with Crippen molar-refractivity contribution in [1.82, 2.24) is 10.6 Å². The monoisotopic (exact) mass is 234 g/mol. The van der Waals surface area contributed by atoms with Crippen LogP contribution in [0.15, 0.2) is 25.3 Å². The van der Waals surface area contributed by atoms with Crippen molar-refractivity contribution >= 4 is 0 Å². The van der Waals surface area contributed by atoms with Crippen molar-refractivity contribution in [3.63, 3.8) is 0 Å². The van der Waals surface area contributed by atoms with Crippen molar-refractivity contribution in [2.45, 2.75) is 62.6 Å². The van der Waals surface area contributed by atoms with Crippen molar-refractivity contribution < 1.29 is 0 Å². The predicted molar refractivity (Wildman–Crippen MR) is 74.2 cm³/mol. The smallest absolute Gasteiger partial charge is 0.0265 e. The second-order valence-corrected chi connectivity index (χ2v) is 5.61. The fraction of sp³-hybridized carbons (Fsp3) is 0.733. The Hall–Kier alpha value is -0.600. The highest BCUT2D eigenvalue weighted by molar-refractivity contribution is 5.04. The molecule has 1 aliphatic carbocycles. The van der Waals surface area contributed by atoms with Crippen LogP contribution in [-0.2, 0) is 0 Å². The Labute approximate surface area is 106 Å². The number of hydrogen-bond acceptors (Lipinski definition) is 2. The minimum atomic E-state index is 0.202. The van der Waals surface area contributed by atoms with E-state index in [2.05, 4.69) is 35.9 Å². The van der Waals surface area contributed by atoms with E-state index in [4.69, 9.17) is 0 Å². The van der Waals surface area contributed by atoms with Crippen LogP contribution in [0.2, 0.25) is 0 Å². The summed E-state index contributed by atoms with van der Waals surface area (Å²) >= 11 is 0.